The Morgan fingerprint density at radius 2 is 1.73 bits per heavy atom. The molecular weight excluding hydrogens is 398 g/mol. The molecule has 1 fully saturated rings. The number of thiophene rings is 1. The molecule has 1 aliphatic rings. The van der Waals surface area contributed by atoms with E-state index in [0.717, 1.165) is 30.6 Å². The molecule has 2 amide bonds. The first-order valence-electron chi connectivity index (χ1n) is 9.64. The Morgan fingerprint density at radius 1 is 1.07 bits per heavy atom. The van der Waals surface area contributed by atoms with Gasteiger partial charge in [0.1, 0.15) is 5.00 Å². The SMILES string of the molecule is NC(=O)c1ccsc1NC(=O)c1ccc(-c2ccc(CN3CCC(N)N3)cc2)cc1. The second-order valence-corrected chi connectivity index (χ2v) is 8.12. The number of hydrazine groups is 1. The van der Waals surface area contributed by atoms with Crippen molar-refractivity contribution in [1.29, 1.82) is 0 Å². The Hall–Kier alpha value is -3.04. The van der Waals surface area contributed by atoms with Crippen LogP contribution in [0.3, 0.4) is 0 Å². The van der Waals surface area contributed by atoms with Gasteiger partial charge in [-0.05, 0) is 46.7 Å². The Morgan fingerprint density at radius 3 is 2.33 bits per heavy atom. The summed E-state index contributed by atoms with van der Waals surface area (Å²) in [4.78, 5) is 23.9. The lowest BCUT2D eigenvalue weighted by Crippen LogP contribution is -2.39. The second-order valence-electron chi connectivity index (χ2n) is 7.20. The third kappa shape index (κ3) is 4.58. The minimum Gasteiger partial charge on any atom is -0.366 e. The molecule has 1 aliphatic heterocycles. The molecule has 30 heavy (non-hydrogen) atoms. The summed E-state index contributed by atoms with van der Waals surface area (Å²) in [6, 6.07) is 17.3. The molecule has 1 saturated heterocycles. The molecule has 1 aromatic heterocycles. The number of nitrogens with one attached hydrogen (secondary N) is 2. The van der Waals surface area contributed by atoms with Crippen LogP contribution in [0.25, 0.3) is 11.1 Å². The summed E-state index contributed by atoms with van der Waals surface area (Å²) in [6.45, 7) is 1.75. The Kier molecular flexibility index (Phi) is 5.91. The molecular formula is C22H23N5O2S. The van der Waals surface area contributed by atoms with Crippen molar-refractivity contribution in [2.45, 2.75) is 19.1 Å². The van der Waals surface area contributed by atoms with Crippen LogP contribution in [-0.2, 0) is 6.54 Å². The molecule has 1 unspecified atom stereocenters. The highest BCUT2D eigenvalue weighted by Gasteiger charge is 2.18. The molecule has 2 aromatic carbocycles. The molecule has 3 aromatic rings. The van der Waals surface area contributed by atoms with Gasteiger partial charge in [0.15, 0.2) is 0 Å². The van der Waals surface area contributed by atoms with Gasteiger partial charge < -0.3 is 16.8 Å². The predicted octanol–water partition coefficient (Wildman–Crippen LogP) is 2.76. The fraction of sp³-hybridized carbons (Fsp3) is 0.182. The molecule has 7 nitrogen and oxygen atoms in total. The number of hydrogen-bond acceptors (Lipinski definition) is 6. The quantitative estimate of drug-likeness (QED) is 0.489. The number of primary amides is 1. The summed E-state index contributed by atoms with van der Waals surface area (Å²) in [7, 11) is 0. The highest BCUT2D eigenvalue weighted by Crippen LogP contribution is 2.25. The summed E-state index contributed by atoms with van der Waals surface area (Å²) in [6.07, 6.45) is 0.996. The topological polar surface area (TPSA) is 113 Å². The van der Waals surface area contributed by atoms with Crippen molar-refractivity contribution in [1.82, 2.24) is 10.4 Å². The van der Waals surface area contributed by atoms with Crippen LogP contribution in [-0.4, -0.2) is 29.5 Å². The van der Waals surface area contributed by atoms with Crippen molar-refractivity contribution in [3.63, 3.8) is 0 Å². The zero-order valence-corrected chi connectivity index (χ0v) is 17.1. The molecule has 0 bridgehead atoms. The van der Waals surface area contributed by atoms with Crippen LogP contribution >= 0.6 is 11.3 Å². The standard InChI is InChI=1S/C22H23N5O2S/c23-19-9-11-27(26-19)13-14-1-3-15(4-2-14)16-5-7-17(8-6-16)21(29)25-22-18(20(24)28)10-12-30-22/h1-8,10,12,19,26H,9,11,13,23H2,(H2,24,28)(H,25,29). The normalized spacial score (nSPS) is 16.5. The molecule has 0 aliphatic carbocycles. The number of benzene rings is 2. The zero-order chi connectivity index (χ0) is 21.1. The molecule has 8 heteroatoms. The lowest BCUT2D eigenvalue weighted by atomic mass is 10.0. The molecule has 0 spiro atoms. The van der Waals surface area contributed by atoms with Crippen LogP contribution in [0.5, 0.6) is 0 Å². The fourth-order valence-electron chi connectivity index (χ4n) is 3.40. The van der Waals surface area contributed by atoms with Crippen LogP contribution in [0, 0.1) is 0 Å². The molecule has 4 rings (SSSR count). The van der Waals surface area contributed by atoms with Gasteiger partial charge in [0.25, 0.3) is 11.8 Å². The molecule has 0 radical (unpaired) electrons. The van der Waals surface area contributed by atoms with Crippen molar-refractivity contribution in [2.24, 2.45) is 11.5 Å². The van der Waals surface area contributed by atoms with Gasteiger partial charge in [-0.25, -0.2) is 10.4 Å². The van der Waals surface area contributed by atoms with Crippen LogP contribution in [0.15, 0.2) is 60.0 Å². The maximum atomic E-state index is 12.5. The van der Waals surface area contributed by atoms with E-state index in [1.165, 1.54) is 16.9 Å². The first-order valence-corrected chi connectivity index (χ1v) is 10.5. The Labute approximate surface area is 178 Å². The third-order valence-corrected chi connectivity index (χ3v) is 5.85. The van der Waals surface area contributed by atoms with E-state index in [9.17, 15) is 9.59 Å². The summed E-state index contributed by atoms with van der Waals surface area (Å²) >= 11 is 1.27. The van der Waals surface area contributed by atoms with Gasteiger partial charge in [0.05, 0.1) is 11.7 Å². The fourth-order valence-corrected chi connectivity index (χ4v) is 4.18. The number of amides is 2. The average Bonchev–Trinajstić information content (AvgIpc) is 3.37. The Bertz CT molecular complexity index is 1050. The van der Waals surface area contributed by atoms with Crippen molar-refractivity contribution in [3.8, 4) is 11.1 Å². The van der Waals surface area contributed by atoms with Gasteiger partial charge in [-0.15, -0.1) is 11.3 Å². The summed E-state index contributed by atoms with van der Waals surface area (Å²) in [5, 5.41) is 7.06. The summed E-state index contributed by atoms with van der Waals surface area (Å²) in [5.41, 5.74) is 18.6. The number of rotatable bonds is 6. The average molecular weight is 422 g/mol. The monoisotopic (exact) mass is 421 g/mol. The van der Waals surface area contributed by atoms with Crippen molar-refractivity contribution in [2.75, 3.05) is 11.9 Å². The van der Waals surface area contributed by atoms with Crippen LogP contribution < -0.4 is 22.2 Å². The highest BCUT2D eigenvalue weighted by molar-refractivity contribution is 7.14. The second kappa shape index (κ2) is 8.76. The predicted molar refractivity (Wildman–Crippen MR) is 119 cm³/mol. The number of anilines is 1. The Balaban J connectivity index is 1.41. The minimum atomic E-state index is -0.561. The largest absolute Gasteiger partial charge is 0.366 e. The highest BCUT2D eigenvalue weighted by atomic mass is 32.1. The summed E-state index contributed by atoms with van der Waals surface area (Å²) < 4.78 is 0. The van der Waals surface area contributed by atoms with Gasteiger partial charge >= 0.3 is 0 Å². The van der Waals surface area contributed by atoms with E-state index in [1.807, 2.05) is 12.1 Å². The summed E-state index contributed by atoms with van der Waals surface area (Å²) in [5.74, 6) is -0.841. The van der Waals surface area contributed by atoms with Crippen LogP contribution in [0.2, 0.25) is 0 Å². The number of hydrogen-bond donors (Lipinski definition) is 4. The first kappa shape index (κ1) is 20.2. The lowest BCUT2D eigenvalue weighted by molar-refractivity contribution is 0.100. The van der Waals surface area contributed by atoms with E-state index in [4.69, 9.17) is 11.5 Å². The maximum absolute atomic E-state index is 12.5. The third-order valence-electron chi connectivity index (χ3n) is 5.02. The molecule has 6 N–H and O–H groups in total. The van der Waals surface area contributed by atoms with Gasteiger partial charge in [-0.2, -0.15) is 0 Å². The first-order chi connectivity index (χ1) is 14.5. The van der Waals surface area contributed by atoms with Gasteiger partial charge in [-0.3, -0.25) is 9.59 Å². The van der Waals surface area contributed by atoms with Crippen molar-refractivity contribution >= 4 is 28.2 Å². The maximum Gasteiger partial charge on any atom is 0.256 e. The number of carbonyl (C=O) groups excluding carboxylic acids is 2. The van der Waals surface area contributed by atoms with E-state index in [2.05, 4.69) is 40.0 Å². The van der Waals surface area contributed by atoms with Crippen LogP contribution in [0.4, 0.5) is 5.00 Å². The minimum absolute atomic E-state index is 0.0437. The van der Waals surface area contributed by atoms with E-state index in [1.54, 1.807) is 23.6 Å². The van der Waals surface area contributed by atoms with E-state index < -0.39 is 5.91 Å². The van der Waals surface area contributed by atoms with Crippen molar-refractivity contribution < 1.29 is 9.59 Å². The molecule has 154 valence electrons. The van der Waals surface area contributed by atoms with Crippen LogP contribution in [0.1, 0.15) is 32.7 Å². The van der Waals surface area contributed by atoms with E-state index in [0.29, 0.717) is 16.1 Å². The lowest BCUT2D eigenvalue weighted by Gasteiger charge is -2.16. The smallest absolute Gasteiger partial charge is 0.256 e. The molecule has 1 atom stereocenters. The molecule has 0 saturated carbocycles. The number of nitrogens with zero attached hydrogens (tertiary/aromatic N) is 1. The van der Waals surface area contributed by atoms with E-state index >= 15 is 0 Å². The van der Waals surface area contributed by atoms with E-state index in [-0.39, 0.29) is 12.1 Å². The van der Waals surface area contributed by atoms with Gasteiger partial charge in [0.2, 0.25) is 0 Å². The zero-order valence-electron chi connectivity index (χ0n) is 16.3. The number of carbonyl (C=O) groups is 2. The van der Waals surface area contributed by atoms with Crippen molar-refractivity contribution in [3.05, 3.63) is 76.7 Å². The molecule has 2 heterocycles. The number of nitrogens with two attached hydrogens (primary N) is 2. The van der Waals surface area contributed by atoms with Gasteiger partial charge in [-0.1, -0.05) is 36.4 Å². The van der Waals surface area contributed by atoms with Gasteiger partial charge in [0, 0.05) is 18.7 Å².